The van der Waals surface area contributed by atoms with Crippen LogP contribution in [0.2, 0.25) is 0 Å². The van der Waals surface area contributed by atoms with Crippen molar-refractivity contribution in [3.63, 3.8) is 0 Å². The minimum Gasteiger partial charge on any atom is -0.493 e. The molecule has 1 aromatic rings. The first-order valence-electron chi connectivity index (χ1n) is 5.83. The van der Waals surface area contributed by atoms with Crippen LogP contribution in [-0.2, 0) is 0 Å². The van der Waals surface area contributed by atoms with Crippen LogP contribution >= 0.6 is 0 Å². The van der Waals surface area contributed by atoms with Gasteiger partial charge in [0.15, 0.2) is 0 Å². The Balaban J connectivity index is 1.87. The van der Waals surface area contributed by atoms with Crippen LogP contribution in [0.15, 0.2) is 24.3 Å². The van der Waals surface area contributed by atoms with Gasteiger partial charge in [-0.2, -0.15) is 0 Å². The Kier molecular flexibility index (Phi) is 3.44. The molecule has 3 nitrogen and oxygen atoms in total. The number of hydrogen-bond acceptors (Lipinski definition) is 2. The van der Waals surface area contributed by atoms with Gasteiger partial charge in [-0.05, 0) is 43.0 Å². The Bertz CT molecular complexity index is 353. The molecule has 0 bridgehead atoms. The molecule has 0 spiro atoms. The quantitative estimate of drug-likeness (QED) is 0.602. The maximum atomic E-state index is 7.28. The largest absolute Gasteiger partial charge is 0.493 e. The summed E-state index contributed by atoms with van der Waals surface area (Å²) >= 11 is 0. The molecule has 1 aliphatic rings. The summed E-state index contributed by atoms with van der Waals surface area (Å²) in [6.07, 6.45) is 5.28. The maximum Gasteiger partial charge on any atom is 0.122 e. The van der Waals surface area contributed by atoms with E-state index in [9.17, 15) is 0 Å². The van der Waals surface area contributed by atoms with Gasteiger partial charge in [0, 0.05) is 5.56 Å². The molecule has 1 fully saturated rings. The fourth-order valence-electron chi connectivity index (χ4n) is 2.12. The summed E-state index contributed by atoms with van der Waals surface area (Å²) in [6, 6.07) is 7.41. The minimum atomic E-state index is 0.0994. The molecule has 3 heteroatoms. The zero-order valence-corrected chi connectivity index (χ0v) is 9.41. The van der Waals surface area contributed by atoms with Crippen molar-refractivity contribution < 1.29 is 4.74 Å². The Morgan fingerprint density at radius 1 is 1.25 bits per heavy atom. The molecule has 0 amide bonds. The Morgan fingerprint density at radius 3 is 2.44 bits per heavy atom. The zero-order valence-electron chi connectivity index (χ0n) is 9.41. The number of amidine groups is 1. The van der Waals surface area contributed by atoms with E-state index < -0.39 is 0 Å². The highest BCUT2D eigenvalue weighted by Gasteiger charge is 2.15. The van der Waals surface area contributed by atoms with Crippen LogP contribution in [0.4, 0.5) is 0 Å². The molecule has 0 unspecified atom stereocenters. The highest BCUT2D eigenvalue weighted by Crippen LogP contribution is 2.25. The standard InChI is InChI=1S/C13H18N2O/c14-13(15)11-5-7-12(8-6-11)16-9-10-3-1-2-4-10/h5-8,10H,1-4,9H2,(H3,14,15). The average Bonchev–Trinajstić information content (AvgIpc) is 2.80. The third kappa shape index (κ3) is 2.75. The molecule has 1 aliphatic carbocycles. The molecule has 86 valence electrons. The number of ether oxygens (including phenoxy) is 1. The summed E-state index contributed by atoms with van der Waals surface area (Å²) in [7, 11) is 0. The summed E-state index contributed by atoms with van der Waals surface area (Å²) in [6.45, 7) is 0.819. The number of rotatable bonds is 4. The van der Waals surface area contributed by atoms with E-state index in [-0.39, 0.29) is 5.84 Å². The van der Waals surface area contributed by atoms with E-state index in [2.05, 4.69) is 0 Å². The Labute approximate surface area is 96.1 Å². The van der Waals surface area contributed by atoms with E-state index in [1.165, 1.54) is 25.7 Å². The van der Waals surface area contributed by atoms with E-state index >= 15 is 0 Å². The first-order chi connectivity index (χ1) is 7.75. The smallest absolute Gasteiger partial charge is 0.122 e. The second-order valence-corrected chi connectivity index (χ2v) is 4.40. The molecule has 1 saturated carbocycles. The van der Waals surface area contributed by atoms with Crippen LogP contribution in [0, 0.1) is 11.3 Å². The van der Waals surface area contributed by atoms with E-state index in [0.717, 1.165) is 23.8 Å². The van der Waals surface area contributed by atoms with E-state index in [1.807, 2.05) is 24.3 Å². The number of hydrogen-bond donors (Lipinski definition) is 2. The van der Waals surface area contributed by atoms with Crippen LogP contribution in [-0.4, -0.2) is 12.4 Å². The van der Waals surface area contributed by atoms with Crippen LogP contribution in [0.25, 0.3) is 0 Å². The van der Waals surface area contributed by atoms with Gasteiger partial charge in [0.2, 0.25) is 0 Å². The zero-order chi connectivity index (χ0) is 11.4. The SMILES string of the molecule is N=C(N)c1ccc(OCC2CCCC2)cc1. The third-order valence-electron chi connectivity index (χ3n) is 3.13. The van der Waals surface area contributed by atoms with E-state index in [1.54, 1.807) is 0 Å². The molecule has 0 atom stereocenters. The van der Waals surface area contributed by atoms with E-state index in [4.69, 9.17) is 15.9 Å². The van der Waals surface area contributed by atoms with Crippen molar-refractivity contribution in [1.82, 2.24) is 0 Å². The third-order valence-corrected chi connectivity index (χ3v) is 3.13. The maximum absolute atomic E-state index is 7.28. The van der Waals surface area contributed by atoms with Gasteiger partial charge in [0.05, 0.1) is 6.61 Å². The lowest BCUT2D eigenvalue weighted by Gasteiger charge is -2.11. The fourth-order valence-corrected chi connectivity index (χ4v) is 2.12. The molecular formula is C13H18N2O. The second kappa shape index (κ2) is 5.01. The molecule has 3 N–H and O–H groups in total. The highest BCUT2D eigenvalue weighted by molar-refractivity contribution is 5.94. The summed E-state index contributed by atoms with van der Waals surface area (Å²) in [5.74, 6) is 1.70. The molecule has 0 aliphatic heterocycles. The van der Waals surface area contributed by atoms with Crippen molar-refractivity contribution in [2.75, 3.05) is 6.61 Å². The number of nitrogen functional groups attached to an aromatic ring is 1. The average molecular weight is 218 g/mol. The lowest BCUT2D eigenvalue weighted by molar-refractivity contribution is 0.252. The lowest BCUT2D eigenvalue weighted by atomic mass is 10.1. The number of nitrogens with one attached hydrogen (secondary N) is 1. The van der Waals surface area contributed by atoms with Crippen molar-refractivity contribution in [2.45, 2.75) is 25.7 Å². The van der Waals surface area contributed by atoms with Gasteiger partial charge in [-0.25, -0.2) is 0 Å². The predicted octanol–water partition coefficient (Wildman–Crippen LogP) is 2.54. The van der Waals surface area contributed by atoms with Crippen molar-refractivity contribution in [2.24, 2.45) is 11.7 Å². The number of nitrogens with two attached hydrogens (primary N) is 1. The molecule has 1 aromatic carbocycles. The summed E-state index contributed by atoms with van der Waals surface area (Å²) < 4.78 is 5.71. The normalized spacial score (nSPS) is 16.2. The monoisotopic (exact) mass is 218 g/mol. The lowest BCUT2D eigenvalue weighted by Crippen LogP contribution is -2.11. The van der Waals surface area contributed by atoms with Gasteiger partial charge in [0.1, 0.15) is 11.6 Å². The van der Waals surface area contributed by atoms with Gasteiger partial charge in [-0.1, -0.05) is 12.8 Å². The minimum absolute atomic E-state index is 0.0994. The molecule has 0 heterocycles. The molecule has 2 rings (SSSR count). The Morgan fingerprint density at radius 2 is 1.88 bits per heavy atom. The van der Waals surface area contributed by atoms with Crippen LogP contribution < -0.4 is 10.5 Å². The van der Waals surface area contributed by atoms with Gasteiger partial charge >= 0.3 is 0 Å². The number of benzene rings is 1. The summed E-state index contributed by atoms with van der Waals surface area (Å²) in [5, 5.41) is 7.28. The highest BCUT2D eigenvalue weighted by atomic mass is 16.5. The first-order valence-corrected chi connectivity index (χ1v) is 5.83. The molecule has 0 aromatic heterocycles. The molecule has 0 radical (unpaired) electrons. The van der Waals surface area contributed by atoms with Crippen molar-refractivity contribution >= 4 is 5.84 Å². The summed E-state index contributed by atoms with van der Waals surface area (Å²) in [5.41, 5.74) is 6.12. The first kappa shape index (κ1) is 11.0. The molecular weight excluding hydrogens is 200 g/mol. The molecule has 16 heavy (non-hydrogen) atoms. The second-order valence-electron chi connectivity index (χ2n) is 4.40. The summed E-state index contributed by atoms with van der Waals surface area (Å²) in [4.78, 5) is 0. The van der Waals surface area contributed by atoms with Gasteiger partial charge in [0.25, 0.3) is 0 Å². The topological polar surface area (TPSA) is 59.1 Å². The Hall–Kier alpha value is -1.51. The van der Waals surface area contributed by atoms with Crippen molar-refractivity contribution in [3.8, 4) is 5.75 Å². The van der Waals surface area contributed by atoms with Crippen LogP contribution in [0.3, 0.4) is 0 Å². The van der Waals surface area contributed by atoms with Crippen molar-refractivity contribution in [1.29, 1.82) is 5.41 Å². The van der Waals surface area contributed by atoms with Gasteiger partial charge in [-0.3, -0.25) is 5.41 Å². The van der Waals surface area contributed by atoms with Crippen LogP contribution in [0.1, 0.15) is 31.2 Å². The predicted molar refractivity (Wildman–Crippen MR) is 64.9 cm³/mol. The fraction of sp³-hybridized carbons (Fsp3) is 0.462. The van der Waals surface area contributed by atoms with E-state index in [0.29, 0.717) is 0 Å². The van der Waals surface area contributed by atoms with Crippen LogP contribution in [0.5, 0.6) is 5.75 Å². The van der Waals surface area contributed by atoms with Gasteiger partial charge in [-0.15, -0.1) is 0 Å². The van der Waals surface area contributed by atoms with Gasteiger partial charge < -0.3 is 10.5 Å². The van der Waals surface area contributed by atoms with Crippen molar-refractivity contribution in [3.05, 3.63) is 29.8 Å². The molecule has 0 saturated heterocycles.